The maximum Gasteiger partial charge on any atom is 0.253 e. The Kier molecular flexibility index (Phi) is 7.59. The molecule has 0 radical (unpaired) electrons. The number of ether oxygens (including phenoxy) is 1. The fraction of sp³-hybridized carbons (Fsp3) is 0.485. The quantitative estimate of drug-likeness (QED) is 0.448. The highest BCUT2D eigenvalue weighted by molar-refractivity contribution is 6.06. The van der Waals surface area contributed by atoms with E-state index < -0.39 is 35.1 Å². The summed E-state index contributed by atoms with van der Waals surface area (Å²) in [6.07, 6.45) is 4.23. The van der Waals surface area contributed by atoms with Gasteiger partial charge in [-0.2, -0.15) is 0 Å². The lowest BCUT2D eigenvalue weighted by Crippen LogP contribution is -2.59. The molecule has 3 heterocycles. The fourth-order valence-corrected chi connectivity index (χ4v) is 7.60. The Morgan fingerprint density at radius 1 is 1.15 bits per heavy atom. The van der Waals surface area contributed by atoms with Crippen molar-refractivity contribution in [1.29, 1.82) is 0 Å². The number of aliphatic hydroxyl groups is 1. The fourth-order valence-electron chi connectivity index (χ4n) is 7.60. The highest BCUT2D eigenvalue weighted by Crippen LogP contribution is 2.65. The molecule has 1 N–H and O–H groups in total. The van der Waals surface area contributed by atoms with Crippen molar-refractivity contribution in [3.63, 3.8) is 0 Å². The van der Waals surface area contributed by atoms with Crippen molar-refractivity contribution < 1.29 is 24.2 Å². The number of benzene rings is 2. The summed E-state index contributed by atoms with van der Waals surface area (Å²) >= 11 is 0. The second-order valence-corrected chi connectivity index (χ2v) is 12.0. The predicted octanol–water partition coefficient (Wildman–Crippen LogP) is 3.78. The van der Waals surface area contributed by atoms with Crippen molar-refractivity contribution in [1.82, 2.24) is 9.80 Å². The Bertz CT molecular complexity index is 1390. The van der Waals surface area contributed by atoms with Crippen LogP contribution in [-0.4, -0.2) is 82.7 Å². The third kappa shape index (κ3) is 4.22. The maximum absolute atomic E-state index is 14.8. The molecular weight excluding hydrogens is 518 g/mol. The second kappa shape index (κ2) is 10.7. The second-order valence-electron chi connectivity index (χ2n) is 12.0. The molecule has 8 nitrogen and oxygen atoms in total. The largest absolute Gasteiger partial charge is 0.394 e. The van der Waals surface area contributed by atoms with Gasteiger partial charge in [0, 0.05) is 25.8 Å². The van der Waals surface area contributed by atoms with Crippen LogP contribution in [0.2, 0.25) is 0 Å². The molecule has 3 fully saturated rings. The van der Waals surface area contributed by atoms with E-state index in [4.69, 9.17) is 4.74 Å². The average Bonchev–Trinajstić information content (AvgIpc) is 3.48. The van der Waals surface area contributed by atoms with Crippen LogP contribution >= 0.6 is 0 Å². The number of amides is 3. The number of hydrogen-bond donors (Lipinski definition) is 1. The molecule has 3 amide bonds. The number of nitrogens with zero attached hydrogens (tertiary/aromatic N) is 3. The highest BCUT2D eigenvalue weighted by Gasteiger charge is 2.80. The minimum atomic E-state index is -1.20. The number of hydrogen-bond acceptors (Lipinski definition) is 5. The maximum atomic E-state index is 14.8. The van der Waals surface area contributed by atoms with E-state index in [9.17, 15) is 19.5 Å². The van der Waals surface area contributed by atoms with Crippen LogP contribution in [0.25, 0.3) is 10.8 Å². The van der Waals surface area contributed by atoms with Gasteiger partial charge in [0.2, 0.25) is 11.8 Å². The molecule has 5 rings (SSSR count). The molecular formula is C33H41N3O5. The lowest BCUT2D eigenvalue weighted by molar-refractivity contribution is -0.153. The van der Waals surface area contributed by atoms with Gasteiger partial charge in [0.05, 0.1) is 30.1 Å². The molecule has 2 bridgehead atoms. The first-order valence-electron chi connectivity index (χ1n) is 14.5. The van der Waals surface area contributed by atoms with Gasteiger partial charge in [0.1, 0.15) is 11.6 Å². The van der Waals surface area contributed by atoms with Crippen LogP contribution in [0.5, 0.6) is 0 Å². The molecule has 3 unspecified atom stereocenters. The number of carbonyl (C=O) groups excluding carboxylic acids is 3. The summed E-state index contributed by atoms with van der Waals surface area (Å²) < 4.78 is 6.86. The number of likely N-dealkylation sites (N-methyl/N-ethyl adjacent to an activating group) is 1. The van der Waals surface area contributed by atoms with Crippen LogP contribution < -0.4 is 4.90 Å². The molecule has 7 atom stereocenters. The number of rotatable bonds is 10. The number of aliphatic hydroxyl groups excluding tert-OH is 1. The van der Waals surface area contributed by atoms with E-state index in [1.807, 2.05) is 63.2 Å². The first-order valence-corrected chi connectivity index (χ1v) is 14.5. The van der Waals surface area contributed by atoms with Crippen molar-refractivity contribution in [3.05, 3.63) is 67.8 Å². The zero-order valence-corrected chi connectivity index (χ0v) is 24.5. The van der Waals surface area contributed by atoms with E-state index in [2.05, 4.69) is 13.2 Å². The van der Waals surface area contributed by atoms with Gasteiger partial charge in [-0.25, -0.2) is 0 Å². The highest BCUT2D eigenvalue weighted by atomic mass is 16.5. The Hall–Kier alpha value is -3.49. The van der Waals surface area contributed by atoms with Gasteiger partial charge in [0.15, 0.2) is 0 Å². The van der Waals surface area contributed by atoms with Gasteiger partial charge in [-0.15, -0.1) is 13.2 Å². The van der Waals surface area contributed by atoms with Crippen molar-refractivity contribution in [2.24, 2.45) is 17.8 Å². The third-order valence-corrected chi connectivity index (χ3v) is 9.73. The van der Waals surface area contributed by atoms with E-state index in [-0.39, 0.29) is 36.8 Å². The monoisotopic (exact) mass is 559 g/mol. The van der Waals surface area contributed by atoms with E-state index in [0.29, 0.717) is 25.1 Å². The van der Waals surface area contributed by atoms with Crippen LogP contribution in [0.4, 0.5) is 5.69 Å². The topological polar surface area (TPSA) is 90.4 Å². The lowest BCUT2D eigenvalue weighted by atomic mass is 9.62. The Morgan fingerprint density at radius 3 is 2.46 bits per heavy atom. The number of fused-ring (bicyclic) bond motifs is 2. The van der Waals surface area contributed by atoms with Crippen molar-refractivity contribution in [2.75, 3.05) is 31.6 Å². The van der Waals surface area contributed by atoms with Crippen LogP contribution in [0, 0.1) is 17.8 Å². The zero-order chi connectivity index (χ0) is 29.7. The molecule has 0 aromatic heterocycles. The van der Waals surface area contributed by atoms with Gasteiger partial charge < -0.3 is 24.5 Å². The Balaban J connectivity index is 1.65. The van der Waals surface area contributed by atoms with Gasteiger partial charge >= 0.3 is 0 Å². The van der Waals surface area contributed by atoms with Crippen molar-refractivity contribution in [2.45, 2.75) is 56.9 Å². The standard InChI is InChI=1S/C33H41N3O5/c1-7-16-34(6)29(38)26-27-30(39)36(24(9-3)20-37)28(33(27)19-21(4)32(26,5)41-33)31(40)35(17-8-2)25-15-14-22-12-10-11-13-23(22)18-25/h7-8,10-15,18,21,24,26-28,37H,1-2,9,16-17,19-20H2,3-6H3/t21?,24-,26-,27-,28?,32+,33?/m0/s1. The number of likely N-dealkylation sites (tertiary alicyclic amines) is 1. The summed E-state index contributed by atoms with van der Waals surface area (Å²) in [5.41, 5.74) is -1.43. The summed E-state index contributed by atoms with van der Waals surface area (Å²) in [7, 11) is 1.70. The molecule has 0 saturated carbocycles. The molecule has 218 valence electrons. The SMILES string of the molecule is C=CCN(C)C(=O)[C@@H]1[C@H]2C(=O)N([C@@H](CC)CO)C(C(=O)N(CC=C)c3ccc4ccccc4c3)C23CC(C)[C@@]1(C)O3. The Labute approximate surface area is 242 Å². The smallest absolute Gasteiger partial charge is 0.253 e. The first kappa shape index (κ1) is 29.0. The normalized spacial score (nSPS) is 30.8. The zero-order valence-electron chi connectivity index (χ0n) is 24.5. The van der Waals surface area contributed by atoms with E-state index in [1.165, 1.54) is 4.90 Å². The lowest BCUT2D eigenvalue weighted by Gasteiger charge is -2.39. The van der Waals surface area contributed by atoms with Crippen molar-refractivity contribution in [3.8, 4) is 0 Å². The minimum Gasteiger partial charge on any atom is -0.394 e. The van der Waals surface area contributed by atoms with Crippen LogP contribution in [0.1, 0.15) is 33.6 Å². The minimum absolute atomic E-state index is 0.0735. The average molecular weight is 560 g/mol. The van der Waals surface area contributed by atoms with E-state index >= 15 is 0 Å². The van der Waals surface area contributed by atoms with Gasteiger partial charge in [-0.05, 0) is 48.6 Å². The Morgan fingerprint density at radius 2 is 1.83 bits per heavy atom. The molecule has 2 aromatic carbocycles. The van der Waals surface area contributed by atoms with Crippen LogP contribution in [0.15, 0.2) is 67.8 Å². The molecule has 8 heteroatoms. The molecule has 3 aliphatic heterocycles. The summed E-state index contributed by atoms with van der Waals surface area (Å²) in [6.45, 7) is 13.7. The summed E-state index contributed by atoms with van der Waals surface area (Å²) in [5.74, 6) is -2.46. The van der Waals surface area contributed by atoms with Gasteiger partial charge in [-0.1, -0.05) is 56.3 Å². The van der Waals surface area contributed by atoms with Crippen LogP contribution in [-0.2, 0) is 19.1 Å². The molecule has 3 aliphatic rings. The summed E-state index contributed by atoms with van der Waals surface area (Å²) in [4.78, 5) is 47.9. The molecule has 1 spiro atoms. The predicted molar refractivity (Wildman–Crippen MR) is 159 cm³/mol. The van der Waals surface area contributed by atoms with E-state index in [0.717, 1.165) is 10.8 Å². The molecule has 0 aliphatic carbocycles. The van der Waals surface area contributed by atoms with E-state index in [1.54, 1.807) is 29.0 Å². The summed E-state index contributed by atoms with van der Waals surface area (Å²) in [6, 6.07) is 12.2. The molecule has 3 saturated heterocycles. The third-order valence-electron chi connectivity index (χ3n) is 9.73. The van der Waals surface area contributed by atoms with Gasteiger partial charge in [0.25, 0.3) is 5.91 Å². The summed E-state index contributed by atoms with van der Waals surface area (Å²) in [5, 5.41) is 12.4. The number of anilines is 1. The van der Waals surface area contributed by atoms with Gasteiger partial charge in [-0.3, -0.25) is 14.4 Å². The number of carbonyl (C=O) groups is 3. The van der Waals surface area contributed by atoms with Crippen LogP contribution in [0.3, 0.4) is 0 Å². The molecule has 41 heavy (non-hydrogen) atoms. The first-order chi connectivity index (χ1) is 19.6. The van der Waals surface area contributed by atoms with Crippen molar-refractivity contribution >= 4 is 34.2 Å². The molecule has 2 aromatic rings.